The van der Waals surface area contributed by atoms with E-state index in [1.165, 1.54) is 68.9 Å². The lowest BCUT2D eigenvalue weighted by molar-refractivity contribution is -0.128. The first kappa shape index (κ1) is 27.0. The number of ether oxygens (including phenoxy) is 1. The van der Waals surface area contributed by atoms with E-state index >= 15 is 0 Å². The lowest BCUT2D eigenvalue weighted by Crippen LogP contribution is -2.52. The first-order valence-corrected chi connectivity index (χ1v) is 14.2. The number of benzene rings is 2. The van der Waals surface area contributed by atoms with Crippen LogP contribution in [0.4, 0.5) is 0 Å². The second kappa shape index (κ2) is 12.9. The Morgan fingerprint density at radius 1 is 0.824 bits per heavy atom. The molecule has 2 unspecified atom stereocenters. The fraction of sp³-hybridized carbons (Fsp3) is 0.636. The standard InChI is InChI=1S/C33H50O/c1-6-26-34-31(28-18-12-9-13-19-28)33(25-24-27(7-2)8-3,30-22-16-11-17-23-30)32(4,5)29-20-14-10-15-21-29/h9-10,12-15,18-21,27,30-31H,6-8,11,16-17,22-26H2,1-5H3. The van der Waals surface area contributed by atoms with Crippen molar-refractivity contribution in [2.75, 3.05) is 6.61 Å². The van der Waals surface area contributed by atoms with E-state index in [0.717, 1.165) is 18.9 Å². The van der Waals surface area contributed by atoms with Crippen LogP contribution in [-0.2, 0) is 10.2 Å². The van der Waals surface area contributed by atoms with Crippen LogP contribution in [0.15, 0.2) is 60.7 Å². The molecule has 34 heavy (non-hydrogen) atoms. The van der Waals surface area contributed by atoms with E-state index in [1.807, 2.05) is 0 Å². The third-order valence-corrected chi connectivity index (χ3v) is 9.17. The molecule has 1 aliphatic rings. The Morgan fingerprint density at radius 3 is 1.97 bits per heavy atom. The van der Waals surface area contributed by atoms with Gasteiger partial charge in [0, 0.05) is 12.0 Å². The van der Waals surface area contributed by atoms with Gasteiger partial charge >= 0.3 is 0 Å². The van der Waals surface area contributed by atoms with E-state index in [4.69, 9.17) is 4.74 Å². The van der Waals surface area contributed by atoms with Crippen molar-refractivity contribution in [1.29, 1.82) is 0 Å². The van der Waals surface area contributed by atoms with Crippen LogP contribution < -0.4 is 0 Å². The summed E-state index contributed by atoms with van der Waals surface area (Å²) in [4.78, 5) is 0. The minimum atomic E-state index is -0.00342. The molecule has 0 aliphatic heterocycles. The topological polar surface area (TPSA) is 9.23 Å². The molecule has 1 nitrogen and oxygen atoms in total. The second-order valence-corrected chi connectivity index (χ2v) is 11.2. The fourth-order valence-corrected chi connectivity index (χ4v) is 6.99. The van der Waals surface area contributed by atoms with Crippen LogP contribution in [0.25, 0.3) is 0 Å². The van der Waals surface area contributed by atoms with Gasteiger partial charge in [0.1, 0.15) is 0 Å². The van der Waals surface area contributed by atoms with Crippen molar-refractivity contribution < 1.29 is 4.74 Å². The van der Waals surface area contributed by atoms with Gasteiger partial charge in [0.25, 0.3) is 0 Å². The van der Waals surface area contributed by atoms with Crippen molar-refractivity contribution >= 4 is 0 Å². The zero-order valence-electron chi connectivity index (χ0n) is 22.7. The zero-order valence-corrected chi connectivity index (χ0v) is 22.7. The molecule has 3 rings (SSSR count). The van der Waals surface area contributed by atoms with Crippen molar-refractivity contribution in [2.45, 2.75) is 110 Å². The predicted octanol–water partition coefficient (Wildman–Crippen LogP) is 9.92. The molecule has 1 heteroatoms. The number of hydrogen-bond donors (Lipinski definition) is 0. The summed E-state index contributed by atoms with van der Waals surface area (Å²) in [6.45, 7) is 12.9. The maximum Gasteiger partial charge on any atom is 0.0892 e. The van der Waals surface area contributed by atoms with Crippen molar-refractivity contribution in [3.63, 3.8) is 0 Å². The van der Waals surface area contributed by atoms with Gasteiger partial charge in [-0.15, -0.1) is 0 Å². The van der Waals surface area contributed by atoms with Crippen LogP contribution in [0.3, 0.4) is 0 Å². The molecular formula is C33H50O. The molecular weight excluding hydrogens is 412 g/mol. The van der Waals surface area contributed by atoms with Crippen LogP contribution in [-0.4, -0.2) is 6.61 Å². The highest BCUT2D eigenvalue weighted by molar-refractivity contribution is 5.32. The molecule has 1 saturated carbocycles. The zero-order chi connectivity index (χ0) is 24.4. The largest absolute Gasteiger partial charge is 0.373 e. The average Bonchev–Trinajstić information content (AvgIpc) is 2.89. The molecule has 0 heterocycles. The molecule has 0 aromatic heterocycles. The fourth-order valence-electron chi connectivity index (χ4n) is 6.99. The van der Waals surface area contributed by atoms with E-state index in [1.54, 1.807) is 0 Å². The third kappa shape index (κ3) is 5.78. The molecule has 0 radical (unpaired) electrons. The summed E-state index contributed by atoms with van der Waals surface area (Å²) in [5.74, 6) is 1.46. The summed E-state index contributed by atoms with van der Waals surface area (Å²) in [5, 5.41) is 0. The number of hydrogen-bond acceptors (Lipinski definition) is 1. The molecule has 0 N–H and O–H groups in total. The van der Waals surface area contributed by atoms with Crippen molar-refractivity contribution in [2.24, 2.45) is 17.3 Å². The summed E-state index contributed by atoms with van der Waals surface area (Å²) in [7, 11) is 0. The van der Waals surface area contributed by atoms with Crippen LogP contribution >= 0.6 is 0 Å². The maximum absolute atomic E-state index is 7.00. The predicted molar refractivity (Wildman–Crippen MR) is 147 cm³/mol. The van der Waals surface area contributed by atoms with Gasteiger partial charge in [-0.3, -0.25) is 0 Å². The van der Waals surface area contributed by atoms with Crippen LogP contribution in [0.5, 0.6) is 0 Å². The van der Waals surface area contributed by atoms with Gasteiger partial charge in [-0.25, -0.2) is 0 Å². The normalized spacial score (nSPS) is 18.1. The number of rotatable bonds is 13. The van der Waals surface area contributed by atoms with E-state index in [0.29, 0.717) is 5.92 Å². The first-order valence-electron chi connectivity index (χ1n) is 14.2. The highest BCUT2D eigenvalue weighted by Gasteiger charge is 2.56. The van der Waals surface area contributed by atoms with Crippen LogP contribution in [0.1, 0.15) is 116 Å². The molecule has 0 amide bonds. The molecule has 188 valence electrons. The monoisotopic (exact) mass is 462 g/mol. The maximum atomic E-state index is 7.00. The highest BCUT2D eigenvalue weighted by atomic mass is 16.5. The summed E-state index contributed by atoms with van der Waals surface area (Å²) in [5.41, 5.74) is 2.88. The molecule has 2 atom stereocenters. The Bertz CT molecular complexity index is 801. The Hall–Kier alpha value is -1.60. The van der Waals surface area contributed by atoms with Gasteiger partial charge in [-0.05, 0) is 60.5 Å². The minimum Gasteiger partial charge on any atom is -0.373 e. The van der Waals surface area contributed by atoms with E-state index in [9.17, 15) is 0 Å². The first-order chi connectivity index (χ1) is 16.5. The third-order valence-electron chi connectivity index (χ3n) is 9.17. The Kier molecular flexibility index (Phi) is 10.3. The lowest BCUT2D eigenvalue weighted by Gasteiger charge is -2.57. The Labute approximate surface area is 210 Å². The summed E-state index contributed by atoms with van der Waals surface area (Å²) in [6.07, 6.45) is 13.0. The highest BCUT2D eigenvalue weighted by Crippen LogP contribution is 2.62. The summed E-state index contributed by atoms with van der Waals surface area (Å²) < 4.78 is 7.00. The van der Waals surface area contributed by atoms with Gasteiger partial charge in [0.2, 0.25) is 0 Å². The van der Waals surface area contributed by atoms with Crippen LogP contribution in [0, 0.1) is 17.3 Å². The molecule has 2 aromatic rings. The van der Waals surface area contributed by atoms with Gasteiger partial charge < -0.3 is 4.74 Å². The average molecular weight is 463 g/mol. The molecule has 0 bridgehead atoms. The van der Waals surface area contributed by atoms with Crippen molar-refractivity contribution in [1.82, 2.24) is 0 Å². The van der Waals surface area contributed by atoms with E-state index in [-0.39, 0.29) is 16.9 Å². The van der Waals surface area contributed by atoms with Gasteiger partial charge in [-0.1, -0.05) is 127 Å². The molecule has 0 saturated heterocycles. The van der Waals surface area contributed by atoms with E-state index in [2.05, 4.69) is 95.3 Å². The molecule has 1 aliphatic carbocycles. The summed E-state index contributed by atoms with van der Waals surface area (Å²) >= 11 is 0. The molecule has 1 fully saturated rings. The van der Waals surface area contributed by atoms with Crippen LogP contribution in [0.2, 0.25) is 0 Å². The van der Waals surface area contributed by atoms with Gasteiger partial charge in [0.15, 0.2) is 0 Å². The van der Waals surface area contributed by atoms with Crippen molar-refractivity contribution in [3.8, 4) is 0 Å². The van der Waals surface area contributed by atoms with Gasteiger partial charge in [-0.2, -0.15) is 0 Å². The van der Waals surface area contributed by atoms with E-state index < -0.39 is 0 Å². The van der Waals surface area contributed by atoms with Gasteiger partial charge in [0.05, 0.1) is 6.10 Å². The van der Waals surface area contributed by atoms with Crippen molar-refractivity contribution in [3.05, 3.63) is 71.8 Å². The summed E-state index contributed by atoms with van der Waals surface area (Å²) in [6, 6.07) is 22.6. The second-order valence-electron chi connectivity index (χ2n) is 11.2. The quantitative estimate of drug-likeness (QED) is 0.288. The SMILES string of the molecule is CCCOC(c1ccccc1)C(CCC(CC)CC)(C1CCCCC1)C(C)(C)c1ccccc1. The Morgan fingerprint density at radius 2 is 1.41 bits per heavy atom. The lowest BCUT2D eigenvalue weighted by atomic mass is 9.48. The molecule has 0 spiro atoms. The molecule has 2 aromatic carbocycles. The minimum absolute atomic E-state index is 0.00342. The smallest absolute Gasteiger partial charge is 0.0892 e. The Balaban J connectivity index is 2.23.